The molecule has 0 aliphatic carbocycles. The number of halogens is 1. The highest BCUT2D eigenvalue weighted by Gasteiger charge is 2.23. The largest absolute Gasteiger partial charge is 0.354 e. The molecule has 1 heterocycles. The fourth-order valence-corrected chi connectivity index (χ4v) is 4.90. The first-order valence-corrected chi connectivity index (χ1v) is 12.7. The van der Waals surface area contributed by atoms with Gasteiger partial charge in [-0.05, 0) is 75.6 Å². The molecule has 0 aliphatic heterocycles. The van der Waals surface area contributed by atoms with E-state index in [4.69, 9.17) is 11.6 Å². The average Bonchev–Trinajstić information content (AvgIpc) is 3.19. The minimum atomic E-state index is -0.0516. The molecular weight excluding hydrogens is 430 g/mol. The van der Waals surface area contributed by atoms with Crippen LogP contribution in [0.25, 0.3) is 10.9 Å². The third-order valence-electron chi connectivity index (χ3n) is 6.59. The number of carbonyl (C=O) groups is 1. The lowest BCUT2D eigenvalue weighted by Gasteiger charge is -2.21. The fourth-order valence-electron chi connectivity index (χ4n) is 4.70. The van der Waals surface area contributed by atoms with Gasteiger partial charge in [-0.15, -0.1) is 0 Å². The Kier molecular flexibility index (Phi) is 9.40. The lowest BCUT2D eigenvalue weighted by atomic mass is 9.88. The summed E-state index contributed by atoms with van der Waals surface area (Å²) >= 11 is 6.34. The number of carbonyl (C=O) groups excluding carboxylic acids is 1. The van der Waals surface area contributed by atoms with Crippen molar-refractivity contribution in [3.05, 3.63) is 70.9 Å². The molecule has 5 heteroatoms. The monoisotopic (exact) mass is 467 g/mol. The summed E-state index contributed by atoms with van der Waals surface area (Å²) in [7, 11) is 0. The molecule has 0 saturated heterocycles. The molecule has 1 amide bonds. The summed E-state index contributed by atoms with van der Waals surface area (Å²) in [5.41, 5.74) is 3.46. The molecule has 4 nitrogen and oxygen atoms in total. The van der Waals surface area contributed by atoms with E-state index in [1.54, 1.807) is 0 Å². The Morgan fingerprint density at radius 2 is 1.85 bits per heavy atom. The summed E-state index contributed by atoms with van der Waals surface area (Å²) in [5.74, 6) is 0.0351. The maximum Gasteiger partial charge on any atom is 0.221 e. The highest BCUT2D eigenvalue weighted by molar-refractivity contribution is 6.30. The SMILES string of the molecule is CCN(CC)CCCC(C)NC(=O)CC(c1cccc(Cl)c1)c1cn(CC)c2ccccc12. The Hall–Kier alpha value is -2.30. The quantitative estimate of drug-likeness (QED) is 0.331. The predicted molar refractivity (Wildman–Crippen MR) is 140 cm³/mol. The second kappa shape index (κ2) is 12.2. The van der Waals surface area contributed by atoms with Crippen LogP contribution < -0.4 is 5.32 Å². The second-order valence-corrected chi connectivity index (χ2v) is 9.27. The van der Waals surface area contributed by atoms with Crippen LogP contribution in [0.15, 0.2) is 54.7 Å². The zero-order valence-electron chi connectivity index (χ0n) is 20.5. The average molecular weight is 468 g/mol. The van der Waals surface area contributed by atoms with Crippen molar-refractivity contribution in [2.75, 3.05) is 19.6 Å². The third kappa shape index (κ3) is 6.61. The number of hydrogen-bond acceptors (Lipinski definition) is 2. The number of rotatable bonds is 12. The van der Waals surface area contributed by atoms with Gasteiger partial charge in [0.15, 0.2) is 0 Å². The summed E-state index contributed by atoms with van der Waals surface area (Å²) in [5, 5.41) is 5.14. The molecule has 2 atom stereocenters. The Morgan fingerprint density at radius 1 is 1.09 bits per heavy atom. The molecule has 1 aromatic heterocycles. The molecule has 0 bridgehead atoms. The Bertz CT molecular complexity index is 1040. The van der Waals surface area contributed by atoms with Gasteiger partial charge >= 0.3 is 0 Å². The van der Waals surface area contributed by atoms with Crippen molar-refractivity contribution in [1.82, 2.24) is 14.8 Å². The number of nitrogens with one attached hydrogen (secondary N) is 1. The van der Waals surface area contributed by atoms with E-state index in [2.05, 4.69) is 79.0 Å². The highest BCUT2D eigenvalue weighted by atomic mass is 35.5. The molecule has 0 spiro atoms. The molecule has 0 aliphatic rings. The number of aryl methyl sites for hydroxylation is 1. The maximum atomic E-state index is 13.2. The van der Waals surface area contributed by atoms with Gasteiger partial charge in [0.05, 0.1) is 0 Å². The first-order valence-electron chi connectivity index (χ1n) is 12.3. The summed E-state index contributed by atoms with van der Waals surface area (Å²) in [6, 6.07) is 16.5. The van der Waals surface area contributed by atoms with E-state index < -0.39 is 0 Å². The first-order chi connectivity index (χ1) is 16.0. The Labute approximate surface area is 203 Å². The number of aromatic nitrogens is 1. The minimum Gasteiger partial charge on any atom is -0.354 e. The molecule has 33 heavy (non-hydrogen) atoms. The lowest BCUT2D eigenvalue weighted by Crippen LogP contribution is -2.34. The number of benzene rings is 2. The molecule has 2 aromatic carbocycles. The topological polar surface area (TPSA) is 37.3 Å². The number of nitrogens with zero attached hydrogens (tertiary/aromatic N) is 2. The molecule has 178 valence electrons. The van der Waals surface area contributed by atoms with Crippen LogP contribution >= 0.6 is 11.6 Å². The molecule has 0 fully saturated rings. The van der Waals surface area contributed by atoms with Gasteiger partial charge in [0.1, 0.15) is 0 Å². The third-order valence-corrected chi connectivity index (χ3v) is 6.82. The summed E-state index contributed by atoms with van der Waals surface area (Å²) in [6.07, 6.45) is 4.68. The molecule has 1 N–H and O–H groups in total. The number of amides is 1. The highest BCUT2D eigenvalue weighted by Crippen LogP contribution is 2.35. The summed E-state index contributed by atoms with van der Waals surface area (Å²) < 4.78 is 2.26. The van der Waals surface area contributed by atoms with Gasteiger partial charge in [-0.3, -0.25) is 4.79 Å². The molecule has 3 aromatic rings. The maximum absolute atomic E-state index is 13.2. The number of para-hydroxylation sites is 1. The van der Waals surface area contributed by atoms with Gasteiger partial charge in [0, 0.05) is 47.0 Å². The number of hydrogen-bond donors (Lipinski definition) is 1. The van der Waals surface area contributed by atoms with Gasteiger partial charge < -0.3 is 14.8 Å². The van der Waals surface area contributed by atoms with E-state index in [0.29, 0.717) is 11.4 Å². The molecule has 2 unspecified atom stereocenters. The van der Waals surface area contributed by atoms with Crippen LogP contribution in [0, 0.1) is 0 Å². The second-order valence-electron chi connectivity index (χ2n) is 8.84. The number of fused-ring (bicyclic) bond motifs is 1. The van der Waals surface area contributed by atoms with Gasteiger partial charge in [-0.1, -0.05) is 55.8 Å². The van der Waals surface area contributed by atoms with E-state index in [1.165, 1.54) is 16.5 Å². The smallest absolute Gasteiger partial charge is 0.221 e. The summed E-state index contributed by atoms with van der Waals surface area (Å²) in [6.45, 7) is 12.8. The molecule has 0 radical (unpaired) electrons. The van der Waals surface area contributed by atoms with Crippen molar-refractivity contribution in [3.8, 4) is 0 Å². The lowest BCUT2D eigenvalue weighted by molar-refractivity contribution is -0.121. The van der Waals surface area contributed by atoms with Crippen molar-refractivity contribution in [2.45, 2.75) is 65.5 Å². The van der Waals surface area contributed by atoms with Crippen molar-refractivity contribution >= 4 is 28.4 Å². The van der Waals surface area contributed by atoms with Crippen LogP contribution in [-0.4, -0.2) is 41.1 Å². The zero-order chi connectivity index (χ0) is 23.8. The van der Waals surface area contributed by atoms with Crippen molar-refractivity contribution < 1.29 is 4.79 Å². The van der Waals surface area contributed by atoms with E-state index in [-0.39, 0.29) is 17.9 Å². The van der Waals surface area contributed by atoms with Crippen molar-refractivity contribution in [1.29, 1.82) is 0 Å². The summed E-state index contributed by atoms with van der Waals surface area (Å²) in [4.78, 5) is 15.6. The van der Waals surface area contributed by atoms with Crippen molar-refractivity contribution in [2.24, 2.45) is 0 Å². The first kappa shape index (κ1) is 25.3. The van der Waals surface area contributed by atoms with Gasteiger partial charge in [0.2, 0.25) is 5.91 Å². The van der Waals surface area contributed by atoms with Crippen molar-refractivity contribution in [3.63, 3.8) is 0 Å². The van der Waals surface area contributed by atoms with Crippen LogP contribution in [0.1, 0.15) is 64.0 Å². The predicted octanol–water partition coefficient (Wildman–Crippen LogP) is 6.46. The zero-order valence-corrected chi connectivity index (χ0v) is 21.2. The van der Waals surface area contributed by atoms with Crippen LogP contribution in [0.5, 0.6) is 0 Å². The fraction of sp³-hybridized carbons (Fsp3) is 0.464. The Morgan fingerprint density at radius 3 is 2.55 bits per heavy atom. The van der Waals surface area contributed by atoms with Gasteiger partial charge in [-0.2, -0.15) is 0 Å². The van der Waals surface area contributed by atoms with Crippen LogP contribution in [0.2, 0.25) is 5.02 Å². The molecule has 0 saturated carbocycles. The Balaban J connectivity index is 1.79. The van der Waals surface area contributed by atoms with Crippen LogP contribution in [0.3, 0.4) is 0 Å². The normalized spacial score (nSPS) is 13.4. The minimum absolute atomic E-state index is 0.0516. The van der Waals surface area contributed by atoms with E-state index in [1.807, 2.05) is 18.2 Å². The van der Waals surface area contributed by atoms with E-state index in [9.17, 15) is 4.79 Å². The molecule has 3 rings (SSSR count). The molecular formula is C28H38ClN3O. The van der Waals surface area contributed by atoms with Gasteiger partial charge in [0.25, 0.3) is 0 Å². The van der Waals surface area contributed by atoms with Crippen LogP contribution in [0.4, 0.5) is 0 Å². The van der Waals surface area contributed by atoms with Gasteiger partial charge in [-0.25, -0.2) is 0 Å². The van der Waals surface area contributed by atoms with Crippen LogP contribution in [-0.2, 0) is 11.3 Å². The van der Waals surface area contributed by atoms with E-state index >= 15 is 0 Å². The standard InChI is InChI=1S/C28H38ClN3O/c1-5-31(6-2)17-11-12-21(4)30-28(33)19-25(22-13-10-14-23(29)18-22)26-20-32(7-3)27-16-9-8-15-24(26)27/h8-10,13-16,18,20-21,25H,5-7,11-12,17,19H2,1-4H3,(H,30,33). The van der Waals surface area contributed by atoms with E-state index in [0.717, 1.165) is 44.6 Å².